The molecule has 0 radical (unpaired) electrons. The summed E-state index contributed by atoms with van der Waals surface area (Å²) < 4.78 is 12.8. The van der Waals surface area contributed by atoms with Gasteiger partial charge in [0.2, 0.25) is 0 Å². The Morgan fingerprint density at radius 2 is 1.78 bits per heavy atom. The van der Waals surface area contributed by atoms with Crippen LogP contribution in [0.1, 0.15) is 71.8 Å². The zero-order valence-electron chi connectivity index (χ0n) is 17.5. The number of nitrogens with one attached hydrogen (secondary N) is 1. The molecular formula is C23H34BrNO2. The van der Waals surface area contributed by atoms with Crippen LogP contribution in [0.3, 0.4) is 0 Å². The maximum Gasteiger partial charge on any atom is 0.166 e. The molecule has 1 N–H and O–H groups in total. The largest absolute Gasteiger partial charge is 0.493 e. The average Bonchev–Trinajstić information content (AvgIpc) is 2.50. The number of hydrogen-bond donors (Lipinski definition) is 1. The van der Waals surface area contributed by atoms with Crippen molar-refractivity contribution in [2.45, 2.75) is 84.4 Å². The fraction of sp³-hybridized carbons (Fsp3) is 0.739. The fourth-order valence-corrected chi connectivity index (χ4v) is 7.69. The Kier molecular flexibility index (Phi) is 4.82. The van der Waals surface area contributed by atoms with Crippen molar-refractivity contribution in [2.24, 2.45) is 16.7 Å². The van der Waals surface area contributed by atoms with E-state index in [-0.39, 0.29) is 11.6 Å². The van der Waals surface area contributed by atoms with Crippen molar-refractivity contribution < 1.29 is 9.47 Å². The smallest absolute Gasteiger partial charge is 0.166 e. The Morgan fingerprint density at radius 3 is 2.33 bits per heavy atom. The highest BCUT2D eigenvalue weighted by molar-refractivity contribution is 9.10. The van der Waals surface area contributed by atoms with Crippen LogP contribution in [0.25, 0.3) is 0 Å². The van der Waals surface area contributed by atoms with Crippen molar-refractivity contribution in [3.63, 3.8) is 0 Å². The Labute approximate surface area is 172 Å². The van der Waals surface area contributed by atoms with Crippen molar-refractivity contribution in [3.05, 3.63) is 22.2 Å². The van der Waals surface area contributed by atoms with Crippen LogP contribution >= 0.6 is 15.9 Å². The fourth-order valence-electron chi connectivity index (χ4n) is 7.20. The van der Waals surface area contributed by atoms with E-state index in [1.165, 1.54) is 44.1 Å². The summed E-state index contributed by atoms with van der Waals surface area (Å²) in [6.45, 7) is 10.0. The molecule has 0 saturated heterocycles. The van der Waals surface area contributed by atoms with Crippen molar-refractivity contribution in [1.82, 2.24) is 5.32 Å². The molecule has 5 rings (SSSR count). The third-order valence-electron chi connectivity index (χ3n) is 6.95. The minimum atomic E-state index is 0.121. The molecular weight excluding hydrogens is 402 g/mol. The molecule has 4 bridgehead atoms. The Bertz CT molecular complexity index is 713. The van der Waals surface area contributed by atoms with E-state index in [9.17, 15) is 0 Å². The molecule has 0 aliphatic heterocycles. The van der Waals surface area contributed by atoms with Crippen LogP contribution in [0.15, 0.2) is 16.6 Å². The molecule has 4 aliphatic rings. The van der Waals surface area contributed by atoms with Gasteiger partial charge in [-0.1, -0.05) is 29.8 Å². The van der Waals surface area contributed by atoms with Crippen LogP contribution in [-0.2, 0) is 6.54 Å². The average molecular weight is 436 g/mol. The summed E-state index contributed by atoms with van der Waals surface area (Å²) in [5.74, 6) is 2.58. The van der Waals surface area contributed by atoms with Gasteiger partial charge in [-0.05, 0) is 81.3 Å². The van der Waals surface area contributed by atoms with Crippen LogP contribution in [0, 0.1) is 16.7 Å². The number of methoxy groups -OCH3 is 1. The second kappa shape index (κ2) is 6.66. The SMILES string of the molecule is COc1cc(Br)cc(CNC23CC4C[C@@](C)(C2)C[C@](C)(C4)C3)c1OC(C)C. The highest BCUT2D eigenvalue weighted by Gasteiger charge is 2.59. The number of ether oxygens (including phenoxy) is 2. The monoisotopic (exact) mass is 435 g/mol. The van der Waals surface area contributed by atoms with E-state index in [2.05, 4.69) is 55.0 Å². The molecule has 0 heterocycles. The lowest BCUT2D eigenvalue weighted by molar-refractivity contribution is -0.118. The van der Waals surface area contributed by atoms with Gasteiger partial charge in [-0.3, -0.25) is 0 Å². The van der Waals surface area contributed by atoms with E-state index in [1.54, 1.807) is 7.11 Å². The molecule has 4 aliphatic carbocycles. The van der Waals surface area contributed by atoms with E-state index in [4.69, 9.17) is 9.47 Å². The highest BCUT2D eigenvalue weighted by atomic mass is 79.9. The van der Waals surface area contributed by atoms with Crippen LogP contribution < -0.4 is 14.8 Å². The first-order valence-corrected chi connectivity index (χ1v) is 11.2. The maximum atomic E-state index is 6.15. The van der Waals surface area contributed by atoms with Gasteiger partial charge in [-0.15, -0.1) is 0 Å². The molecule has 1 aromatic rings. The molecule has 3 nitrogen and oxygen atoms in total. The molecule has 4 heteroatoms. The molecule has 150 valence electrons. The maximum absolute atomic E-state index is 6.15. The molecule has 1 aromatic carbocycles. The second-order valence-electron chi connectivity index (χ2n) is 10.5. The molecule has 0 aromatic heterocycles. The highest BCUT2D eigenvalue weighted by Crippen LogP contribution is 2.66. The molecule has 4 saturated carbocycles. The first-order chi connectivity index (χ1) is 12.6. The van der Waals surface area contributed by atoms with Crippen LogP contribution in [0.5, 0.6) is 11.5 Å². The Morgan fingerprint density at radius 1 is 1.11 bits per heavy atom. The first kappa shape index (κ1) is 19.6. The van der Waals surface area contributed by atoms with Gasteiger partial charge in [-0.25, -0.2) is 0 Å². The lowest BCUT2D eigenvalue weighted by atomic mass is 9.43. The summed E-state index contributed by atoms with van der Waals surface area (Å²) in [4.78, 5) is 0. The summed E-state index contributed by atoms with van der Waals surface area (Å²) in [5, 5.41) is 4.03. The second-order valence-corrected chi connectivity index (χ2v) is 11.4. The van der Waals surface area contributed by atoms with Crippen molar-refractivity contribution >= 4 is 15.9 Å². The standard InChI is InChI=1S/C23H34BrNO2/c1-15(2)27-20-17(6-18(24)7-19(20)26-5)11-25-23-10-16-8-21(3,13-23)12-22(4,9-16)14-23/h6-7,15-16,25H,8-14H2,1-5H3/t16?,21-,22+,23?. The predicted octanol–water partition coefficient (Wildman–Crippen LogP) is 6.08. The van der Waals surface area contributed by atoms with E-state index in [0.717, 1.165) is 28.4 Å². The number of halogens is 1. The van der Waals surface area contributed by atoms with Crippen LogP contribution in [0.4, 0.5) is 0 Å². The minimum Gasteiger partial charge on any atom is -0.493 e. The van der Waals surface area contributed by atoms with Crippen molar-refractivity contribution in [2.75, 3.05) is 7.11 Å². The van der Waals surface area contributed by atoms with Crippen molar-refractivity contribution in [1.29, 1.82) is 0 Å². The zero-order valence-corrected chi connectivity index (χ0v) is 19.0. The minimum absolute atomic E-state index is 0.121. The molecule has 4 atom stereocenters. The van der Waals surface area contributed by atoms with Gasteiger partial charge in [-0.2, -0.15) is 0 Å². The number of benzene rings is 1. The number of hydrogen-bond acceptors (Lipinski definition) is 3. The lowest BCUT2D eigenvalue weighted by Crippen LogP contribution is -2.63. The zero-order chi connectivity index (χ0) is 19.4. The normalized spacial score (nSPS) is 37.1. The van der Waals surface area contributed by atoms with Gasteiger partial charge in [0, 0.05) is 22.1 Å². The number of rotatable bonds is 6. The third kappa shape index (κ3) is 3.76. The summed E-state index contributed by atoms with van der Waals surface area (Å²) >= 11 is 3.64. The molecule has 2 unspecified atom stereocenters. The van der Waals surface area contributed by atoms with Gasteiger partial charge in [0.05, 0.1) is 13.2 Å². The van der Waals surface area contributed by atoms with E-state index in [1.807, 2.05) is 6.07 Å². The summed E-state index contributed by atoms with van der Waals surface area (Å²) in [6, 6.07) is 4.17. The van der Waals surface area contributed by atoms with Gasteiger partial charge in [0.25, 0.3) is 0 Å². The van der Waals surface area contributed by atoms with Crippen molar-refractivity contribution in [3.8, 4) is 11.5 Å². The van der Waals surface area contributed by atoms with Gasteiger partial charge < -0.3 is 14.8 Å². The third-order valence-corrected chi connectivity index (χ3v) is 7.41. The van der Waals surface area contributed by atoms with Gasteiger partial charge in [0.1, 0.15) is 0 Å². The molecule has 0 amide bonds. The molecule has 27 heavy (non-hydrogen) atoms. The van der Waals surface area contributed by atoms with Crippen LogP contribution in [0.2, 0.25) is 0 Å². The van der Waals surface area contributed by atoms with E-state index >= 15 is 0 Å². The summed E-state index contributed by atoms with van der Waals surface area (Å²) in [7, 11) is 1.72. The summed E-state index contributed by atoms with van der Waals surface area (Å²) in [5.41, 5.74) is 2.51. The van der Waals surface area contributed by atoms with Gasteiger partial charge >= 0.3 is 0 Å². The Hall–Kier alpha value is -0.740. The molecule has 0 spiro atoms. The Balaban J connectivity index is 1.59. The van der Waals surface area contributed by atoms with E-state index < -0.39 is 0 Å². The summed E-state index contributed by atoms with van der Waals surface area (Å²) in [6.07, 6.45) is 8.36. The predicted molar refractivity (Wildman–Crippen MR) is 113 cm³/mol. The first-order valence-electron chi connectivity index (χ1n) is 10.4. The van der Waals surface area contributed by atoms with Crippen LogP contribution in [-0.4, -0.2) is 18.8 Å². The lowest BCUT2D eigenvalue weighted by Gasteiger charge is -2.65. The quantitative estimate of drug-likeness (QED) is 0.586. The van der Waals surface area contributed by atoms with Gasteiger partial charge in [0.15, 0.2) is 11.5 Å². The molecule has 4 fully saturated rings. The van der Waals surface area contributed by atoms with E-state index in [0.29, 0.717) is 10.8 Å². The topological polar surface area (TPSA) is 30.5 Å².